The summed E-state index contributed by atoms with van der Waals surface area (Å²) in [5.74, 6) is -1.26. The van der Waals surface area contributed by atoms with Gasteiger partial charge in [0, 0.05) is 19.6 Å². The number of primary amides is 1. The number of carboxylic acids is 1. The van der Waals surface area contributed by atoms with E-state index in [0.717, 1.165) is 6.42 Å². The number of rotatable bonds is 4. The number of nitrogens with one attached hydrogen (secondary N) is 1. The predicted octanol–water partition coefficient (Wildman–Crippen LogP) is 0.148. The highest BCUT2D eigenvalue weighted by Gasteiger charge is 2.45. The van der Waals surface area contributed by atoms with Crippen molar-refractivity contribution in [3.05, 3.63) is 0 Å². The van der Waals surface area contributed by atoms with E-state index in [0.29, 0.717) is 25.8 Å². The van der Waals surface area contributed by atoms with E-state index >= 15 is 0 Å². The van der Waals surface area contributed by atoms with Crippen molar-refractivity contribution in [2.75, 3.05) is 19.6 Å². The molecule has 0 bridgehead atoms. The Labute approximate surface area is 117 Å². The largest absolute Gasteiger partial charge is 0.481 e. The molecule has 2 aliphatic rings. The fourth-order valence-electron chi connectivity index (χ4n) is 2.76. The summed E-state index contributed by atoms with van der Waals surface area (Å²) in [5, 5.41) is 11.9. The van der Waals surface area contributed by atoms with E-state index in [-0.39, 0.29) is 19.1 Å². The van der Waals surface area contributed by atoms with Gasteiger partial charge in [-0.2, -0.15) is 0 Å². The zero-order valence-electron chi connectivity index (χ0n) is 11.6. The number of amides is 3. The predicted molar refractivity (Wildman–Crippen MR) is 70.8 cm³/mol. The Hall–Kier alpha value is -1.79. The van der Waals surface area contributed by atoms with Crippen LogP contribution in [0.1, 0.15) is 32.6 Å². The van der Waals surface area contributed by atoms with Gasteiger partial charge in [-0.15, -0.1) is 0 Å². The van der Waals surface area contributed by atoms with Crippen molar-refractivity contribution in [3.63, 3.8) is 0 Å². The summed E-state index contributed by atoms with van der Waals surface area (Å²) in [6.07, 6.45) is 2.62. The van der Waals surface area contributed by atoms with Crippen molar-refractivity contribution in [2.45, 2.75) is 32.6 Å². The van der Waals surface area contributed by atoms with Crippen LogP contribution in [0.25, 0.3) is 0 Å². The number of carboxylic acid groups (broad SMARTS) is 1. The normalized spacial score (nSPS) is 27.8. The molecule has 0 spiro atoms. The van der Waals surface area contributed by atoms with Crippen LogP contribution in [0.2, 0.25) is 0 Å². The second kappa shape index (κ2) is 4.96. The van der Waals surface area contributed by atoms with Gasteiger partial charge in [0.25, 0.3) is 0 Å². The first kappa shape index (κ1) is 14.6. The average Bonchev–Trinajstić information content (AvgIpc) is 2.71. The molecule has 112 valence electrons. The summed E-state index contributed by atoms with van der Waals surface area (Å²) in [5.41, 5.74) is 3.85. The molecular formula is C13H21N3O4. The molecule has 1 aliphatic heterocycles. The van der Waals surface area contributed by atoms with Crippen molar-refractivity contribution in [2.24, 2.45) is 16.6 Å². The molecule has 3 amide bonds. The Kier molecular flexibility index (Phi) is 3.62. The molecule has 7 nitrogen and oxygen atoms in total. The van der Waals surface area contributed by atoms with E-state index in [1.807, 2.05) is 0 Å². The van der Waals surface area contributed by atoms with Crippen LogP contribution in [0.3, 0.4) is 0 Å². The Balaban J connectivity index is 1.88. The molecule has 1 unspecified atom stereocenters. The van der Waals surface area contributed by atoms with Crippen LogP contribution in [0.15, 0.2) is 0 Å². The second-order valence-electron chi connectivity index (χ2n) is 6.19. The molecular weight excluding hydrogens is 262 g/mol. The molecule has 1 saturated carbocycles. The summed E-state index contributed by atoms with van der Waals surface area (Å²) in [4.78, 5) is 36.1. The summed E-state index contributed by atoms with van der Waals surface area (Å²) >= 11 is 0. The Bertz CT molecular complexity index is 447. The molecule has 2 rings (SSSR count). The zero-order chi connectivity index (χ0) is 15.0. The van der Waals surface area contributed by atoms with Crippen molar-refractivity contribution in [3.8, 4) is 0 Å². The van der Waals surface area contributed by atoms with Gasteiger partial charge in [0.2, 0.25) is 5.91 Å². The smallest absolute Gasteiger partial charge is 0.317 e. The Morgan fingerprint density at radius 1 is 1.30 bits per heavy atom. The van der Waals surface area contributed by atoms with Gasteiger partial charge in [-0.3, -0.25) is 9.59 Å². The van der Waals surface area contributed by atoms with Gasteiger partial charge < -0.3 is 21.1 Å². The maximum Gasteiger partial charge on any atom is 0.317 e. The van der Waals surface area contributed by atoms with Crippen LogP contribution in [0.5, 0.6) is 0 Å². The lowest BCUT2D eigenvalue weighted by Gasteiger charge is -2.38. The number of carbonyl (C=O) groups is 3. The third-order valence-corrected chi connectivity index (χ3v) is 4.70. The van der Waals surface area contributed by atoms with Gasteiger partial charge >= 0.3 is 12.0 Å². The van der Waals surface area contributed by atoms with Gasteiger partial charge in [0.15, 0.2) is 0 Å². The summed E-state index contributed by atoms with van der Waals surface area (Å²) in [7, 11) is 0. The van der Waals surface area contributed by atoms with E-state index in [1.165, 1.54) is 4.90 Å². The zero-order valence-corrected chi connectivity index (χ0v) is 11.6. The van der Waals surface area contributed by atoms with Crippen LogP contribution in [0.4, 0.5) is 4.79 Å². The lowest BCUT2D eigenvalue weighted by atomic mass is 9.69. The Morgan fingerprint density at radius 2 is 1.95 bits per heavy atom. The van der Waals surface area contributed by atoms with Crippen molar-refractivity contribution in [1.82, 2.24) is 10.2 Å². The maximum atomic E-state index is 12.0. The molecule has 2 fully saturated rings. The van der Waals surface area contributed by atoms with Gasteiger partial charge in [0.1, 0.15) is 0 Å². The average molecular weight is 283 g/mol. The topological polar surface area (TPSA) is 113 Å². The highest BCUT2D eigenvalue weighted by molar-refractivity contribution is 5.83. The van der Waals surface area contributed by atoms with Crippen LogP contribution < -0.4 is 11.1 Å². The van der Waals surface area contributed by atoms with Crippen molar-refractivity contribution in [1.29, 1.82) is 0 Å². The summed E-state index contributed by atoms with van der Waals surface area (Å²) in [6, 6.07) is -0.317. The molecule has 7 heteroatoms. The minimum absolute atomic E-state index is 0.144. The van der Waals surface area contributed by atoms with Crippen molar-refractivity contribution < 1.29 is 19.5 Å². The quantitative estimate of drug-likeness (QED) is 0.681. The van der Waals surface area contributed by atoms with Gasteiger partial charge in [-0.25, -0.2) is 4.79 Å². The van der Waals surface area contributed by atoms with E-state index in [4.69, 9.17) is 5.73 Å². The SMILES string of the molecule is CC1(C(N)=O)CCN(C(=O)NCC2(C(=O)O)CCC2)C1. The summed E-state index contributed by atoms with van der Waals surface area (Å²) < 4.78 is 0. The van der Waals surface area contributed by atoms with Gasteiger partial charge in [0.05, 0.1) is 10.8 Å². The first-order valence-corrected chi connectivity index (χ1v) is 6.85. The van der Waals surface area contributed by atoms with Crippen LogP contribution >= 0.6 is 0 Å². The number of urea groups is 1. The number of nitrogens with two attached hydrogens (primary N) is 1. The maximum absolute atomic E-state index is 12.0. The molecule has 0 aromatic rings. The molecule has 1 saturated heterocycles. The molecule has 20 heavy (non-hydrogen) atoms. The minimum atomic E-state index is -0.854. The molecule has 1 heterocycles. The molecule has 4 N–H and O–H groups in total. The first-order valence-electron chi connectivity index (χ1n) is 6.85. The molecule has 1 atom stereocenters. The standard InChI is InChI=1S/C13H21N3O4/c1-12(9(14)17)5-6-16(8-12)11(20)15-7-13(10(18)19)3-2-4-13/h2-8H2,1H3,(H2,14,17)(H,15,20)(H,18,19). The summed E-state index contributed by atoms with van der Waals surface area (Å²) in [6.45, 7) is 2.64. The Morgan fingerprint density at radius 3 is 2.35 bits per heavy atom. The molecule has 0 radical (unpaired) electrons. The van der Waals surface area contributed by atoms with Crippen LogP contribution in [-0.2, 0) is 9.59 Å². The first-order chi connectivity index (χ1) is 9.29. The highest BCUT2D eigenvalue weighted by atomic mass is 16.4. The van der Waals surface area contributed by atoms with Gasteiger partial charge in [-0.05, 0) is 26.2 Å². The lowest BCUT2D eigenvalue weighted by Crippen LogP contribution is -2.50. The number of hydrogen-bond acceptors (Lipinski definition) is 3. The number of hydrogen-bond donors (Lipinski definition) is 3. The van der Waals surface area contributed by atoms with E-state index in [9.17, 15) is 19.5 Å². The number of carbonyl (C=O) groups excluding carboxylic acids is 2. The number of aliphatic carboxylic acids is 1. The third kappa shape index (κ3) is 2.44. The fraction of sp³-hybridized carbons (Fsp3) is 0.769. The van der Waals surface area contributed by atoms with Gasteiger partial charge in [-0.1, -0.05) is 6.42 Å². The number of likely N-dealkylation sites (tertiary alicyclic amines) is 1. The lowest BCUT2D eigenvalue weighted by molar-refractivity contribution is -0.153. The molecule has 1 aliphatic carbocycles. The second-order valence-corrected chi connectivity index (χ2v) is 6.19. The van der Waals surface area contributed by atoms with E-state index in [1.54, 1.807) is 6.92 Å². The van der Waals surface area contributed by atoms with E-state index in [2.05, 4.69) is 5.32 Å². The fourth-order valence-corrected chi connectivity index (χ4v) is 2.76. The van der Waals surface area contributed by atoms with Crippen LogP contribution in [0, 0.1) is 10.8 Å². The monoisotopic (exact) mass is 283 g/mol. The highest BCUT2D eigenvalue weighted by Crippen LogP contribution is 2.40. The van der Waals surface area contributed by atoms with Crippen molar-refractivity contribution >= 4 is 17.9 Å². The third-order valence-electron chi connectivity index (χ3n) is 4.70. The van der Waals surface area contributed by atoms with Crippen LogP contribution in [-0.4, -0.2) is 47.5 Å². The molecule has 0 aromatic carbocycles. The minimum Gasteiger partial charge on any atom is -0.481 e. The molecule has 0 aromatic heterocycles. The van der Waals surface area contributed by atoms with E-state index < -0.39 is 22.7 Å². The number of nitrogens with zero attached hydrogens (tertiary/aromatic N) is 1.